The molecule has 0 aromatic carbocycles. The van der Waals surface area contributed by atoms with Crippen molar-refractivity contribution in [1.29, 1.82) is 0 Å². The number of methoxy groups -OCH3 is 1. The van der Waals surface area contributed by atoms with Crippen LogP contribution >= 0.6 is 0 Å². The second kappa shape index (κ2) is 8.84. The quantitative estimate of drug-likeness (QED) is 0.303. The number of ether oxygens (including phenoxy) is 2. The second-order valence-corrected chi connectivity index (χ2v) is 3.33. The first-order valence-electron chi connectivity index (χ1n) is 4.29. The van der Waals surface area contributed by atoms with Gasteiger partial charge in [-0.3, -0.25) is 6.08 Å². The van der Waals surface area contributed by atoms with Gasteiger partial charge in [-0.2, -0.15) is 0 Å². The van der Waals surface area contributed by atoms with Crippen LogP contribution in [0.3, 0.4) is 0 Å². The summed E-state index contributed by atoms with van der Waals surface area (Å²) in [7, 11) is 1.62. The third-order valence-electron chi connectivity index (χ3n) is 1.86. The van der Waals surface area contributed by atoms with Crippen molar-refractivity contribution in [3.63, 3.8) is 0 Å². The van der Waals surface area contributed by atoms with Crippen molar-refractivity contribution in [2.75, 3.05) is 13.9 Å². The molecule has 13 heavy (non-hydrogen) atoms. The first-order chi connectivity index (χ1) is 5.63. The van der Waals surface area contributed by atoms with Gasteiger partial charge in [-0.15, -0.1) is 0 Å². The summed E-state index contributed by atoms with van der Waals surface area (Å²) in [4.78, 5) is 0. The van der Waals surface area contributed by atoms with Crippen LogP contribution in [0.4, 0.5) is 0 Å². The molecule has 0 radical (unpaired) electrons. The average molecular weight is 178 g/mol. The zero-order valence-electron chi connectivity index (χ0n) is 9.41. The van der Waals surface area contributed by atoms with Gasteiger partial charge in [-0.05, 0) is 11.8 Å². The van der Waals surface area contributed by atoms with E-state index in [4.69, 9.17) is 16.1 Å². The first kappa shape index (κ1) is 15.7. The van der Waals surface area contributed by atoms with Crippen molar-refractivity contribution in [3.05, 3.63) is 12.7 Å². The van der Waals surface area contributed by atoms with Crippen molar-refractivity contribution in [3.8, 4) is 0 Å². The Morgan fingerprint density at radius 1 is 1.31 bits per heavy atom. The van der Waals surface area contributed by atoms with Crippen LogP contribution in [0.5, 0.6) is 0 Å². The predicted octanol–water partition coefficient (Wildman–Crippen LogP) is -0.739. The van der Waals surface area contributed by atoms with Crippen LogP contribution < -0.4 is 18.9 Å². The largest absolute Gasteiger partial charge is 1.00 e. The van der Waals surface area contributed by atoms with Gasteiger partial charge in [0, 0.05) is 7.11 Å². The molecule has 0 fully saturated rings. The van der Waals surface area contributed by atoms with Crippen molar-refractivity contribution >= 4 is 0 Å². The molecule has 0 rings (SSSR count). The van der Waals surface area contributed by atoms with E-state index in [1.165, 1.54) is 0 Å². The summed E-state index contributed by atoms with van der Waals surface area (Å²) in [5.41, 5.74) is 0. The normalized spacial score (nSPS) is 14.8. The Kier molecular flexibility index (Phi) is 10.7. The zero-order chi connectivity index (χ0) is 9.56. The molecular formula is C10H19LiO2. The molecule has 0 unspecified atom stereocenters. The van der Waals surface area contributed by atoms with Gasteiger partial charge in [0.1, 0.15) is 6.79 Å². The smallest absolute Gasteiger partial charge is 0.518 e. The third kappa shape index (κ3) is 6.34. The maximum atomic E-state index is 5.47. The predicted molar refractivity (Wildman–Crippen MR) is 49.6 cm³/mol. The first-order valence-corrected chi connectivity index (χ1v) is 4.29. The average Bonchev–Trinajstić information content (AvgIpc) is 2.04. The Morgan fingerprint density at radius 2 is 1.85 bits per heavy atom. The minimum Gasteiger partial charge on any atom is -0.518 e. The third-order valence-corrected chi connectivity index (χ3v) is 1.86. The standard InChI is InChI=1S/C10H19O2.Li/c1-6-9(4)10(8(2)3)12-7-11-5;/h1,6,8-10H,7H2,2-5H3;/q-1;+1/t9-,10-;/m0./s1. The Morgan fingerprint density at radius 3 is 2.15 bits per heavy atom. The molecule has 0 N–H and O–H groups in total. The Bertz CT molecular complexity index is 126. The fourth-order valence-electron chi connectivity index (χ4n) is 1.21. The number of hydrogen-bond donors (Lipinski definition) is 0. The summed E-state index contributed by atoms with van der Waals surface area (Å²) >= 11 is 0. The summed E-state index contributed by atoms with van der Waals surface area (Å²) in [6, 6.07) is 0. The molecule has 0 aliphatic heterocycles. The van der Waals surface area contributed by atoms with Crippen molar-refractivity contribution in [2.45, 2.75) is 26.9 Å². The molecular weight excluding hydrogens is 159 g/mol. The number of hydrogen-bond acceptors (Lipinski definition) is 2. The molecule has 0 amide bonds. The van der Waals surface area contributed by atoms with Crippen molar-refractivity contribution in [2.24, 2.45) is 11.8 Å². The molecule has 0 saturated heterocycles. The zero-order valence-corrected chi connectivity index (χ0v) is 9.41. The van der Waals surface area contributed by atoms with Crippen molar-refractivity contribution in [1.82, 2.24) is 0 Å². The molecule has 0 aromatic heterocycles. The van der Waals surface area contributed by atoms with Gasteiger partial charge < -0.3 is 16.1 Å². The molecule has 0 spiro atoms. The fraction of sp³-hybridized carbons (Fsp3) is 0.800. The van der Waals surface area contributed by atoms with E-state index in [0.29, 0.717) is 12.7 Å². The summed E-state index contributed by atoms with van der Waals surface area (Å²) in [6.07, 6.45) is 1.82. The van der Waals surface area contributed by atoms with E-state index in [1.807, 2.05) is 6.92 Å². The molecule has 2 nitrogen and oxygen atoms in total. The van der Waals surface area contributed by atoms with Gasteiger partial charge in [-0.25, -0.2) is 0 Å². The van der Waals surface area contributed by atoms with E-state index in [0.717, 1.165) is 0 Å². The van der Waals surface area contributed by atoms with Crippen LogP contribution in [0.25, 0.3) is 0 Å². The van der Waals surface area contributed by atoms with Crippen LogP contribution in [0.1, 0.15) is 20.8 Å². The van der Waals surface area contributed by atoms with Crippen molar-refractivity contribution < 1.29 is 28.3 Å². The van der Waals surface area contributed by atoms with Crippen LogP contribution in [0, 0.1) is 18.4 Å². The topological polar surface area (TPSA) is 18.5 Å². The summed E-state index contributed by atoms with van der Waals surface area (Å²) in [6.45, 7) is 12.0. The monoisotopic (exact) mass is 178 g/mol. The van der Waals surface area contributed by atoms with E-state index >= 15 is 0 Å². The van der Waals surface area contributed by atoms with E-state index < -0.39 is 0 Å². The maximum absolute atomic E-state index is 5.47. The van der Waals surface area contributed by atoms with E-state index in [2.05, 4.69) is 13.8 Å². The molecule has 0 aliphatic rings. The van der Waals surface area contributed by atoms with E-state index in [1.54, 1.807) is 13.2 Å². The van der Waals surface area contributed by atoms with Gasteiger partial charge in [0.25, 0.3) is 0 Å². The van der Waals surface area contributed by atoms with Crippen LogP contribution in [-0.2, 0) is 9.47 Å². The van der Waals surface area contributed by atoms with Gasteiger partial charge in [0.15, 0.2) is 0 Å². The van der Waals surface area contributed by atoms with Crippen LogP contribution in [0.15, 0.2) is 6.08 Å². The van der Waals surface area contributed by atoms with Crippen LogP contribution in [0.2, 0.25) is 0 Å². The molecule has 0 aromatic rings. The molecule has 0 aliphatic carbocycles. The van der Waals surface area contributed by atoms with Gasteiger partial charge in [0.2, 0.25) is 0 Å². The summed E-state index contributed by atoms with van der Waals surface area (Å²) in [5.74, 6) is 0.718. The molecule has 0 heterocycles. The SMILES string of the molecule is [CH-]=C[C@H](C)[C@@H](OCOC)C(C)C.[Li+]. The van der Waals surface area contributed by atoms with Crippen LogP contribution in [-0.4, -0.2) is 20.0 Å². The maximum Gasteiger partial charge on any atom is 1.00 e. The molecule has 0 saturated carbocycles. The Balaban J connectivity index is 0. The van der Waals surface area contributed by atoms with E-state index in [-0.39, 0.29) is 30.9 Å². The van der Waals surface area contributed by atoms with E-state index in [9.17, 15) is 0 Å². The fourth-order valence-corrected chi connectivity index (χ4v) is 1.21. The van der Waals surface area contributed by atoms with Gasteiger partial charge in [-0.1, -0.05) is 20.8 Å². The second-order valence-electron chi connectivity index (χ2n) is 3.33. The number of rotatable bonds is 6. The minimum absolute atomic E-state index is 0. The molecule has 3 heteroatoms. The van der Waals surface area contributed by atoms with Gasteiger partial charge in [0.05, 0.1) is 6.10 Å². The minimum atomic E-state index is 0. The van der Waals surface area contributed by atoms with Gasteiger partial charge >= 0.3 is 18.9 Å². The molecule has 0 bridgehead atoms. The Labute approximate surface area is 93.9 Å². The summed E-state index contributed by atoms with van der Waals surface area (Å²) in [5, 5.41) is 0. The molecule has 72 valence electrons. The Hall–Kier alpha value is 0.257. The summed E-state index contributed by atoms with van der Waals surface area (Å²) < 4.78 is 10.3. The molecule has 2 atom stereocenters.